The Balaban J connectivity index is 1.43. The molecule has 1 aromatic carbocycles. The Morgan fingerprint density at radius 1 is 1.19 bits per heavy atom. The highest BCUT2D eigenvalue weighted by Gasteiger charge is 2.19. The molecule has 1 amide bonds. The molecule has 3 aromatic heterocycles. The predicted molar refractivity (Wildman–Crippen MR) is 121 cm³/mol. The Kier molecular flexibility index (Phi) is 5.06. The first-order valence-electron chi connectivity index (χ1n) is 9.88. The van der Waals surface area contributed by atoms with Crippen LogP contribution >= 0.6 is 11.3 Å². The van der Waals surface area contributed by atoms with Crippen molar-refractivity contribution in [1.29, 1.82) is 0 Å². The number of nitrogens with zero attached hydrogens (tertiary/aromatic N) is 3. The minimum atomic E-state index is -0.260. The molecule has 5 rings (SSSR count). The number of amides is 1. The molecule has 0 spiro atoms. The van der Waals surface area contributed by atoms with Gasteiger partial charge >= 0.3 is 0 Å². The number of thiazole rings is 1. The molecule has 0 atom stereocenters. The molecule has 1 aliphatic carbocycles. The zero-order valence-corrected chi connectivity index (χ0v) is 17.6. The molecule has 1 aliphatic rings. The zero-order valence-electron chi connectivity index (χ0n) is 16.8. The number of aromatic nitrogens is 3. The van der Waals surface area contributed by atoms with Crippen molar-refractivity contribution in [3.63, 3.8) is 0 Å². The van der Waals surface area contributed by atoms with Crippen molar-refractivity contribution in [3.8, 4) is 28.7 Å². The van der Waals surface area contributed by atoms with Crippen LogP contribution in [0.4, 0.5) is 5.13 Å². The van der Waals surface area contributed by atoms with Gasteiger partial charge in [-0.05, 0) is 37.0 Å². The summed E-state index contributed by atoms with van der Waals surface area (Å²) in [5.41, 5.74) is 3.45. The topological polar surface area (TPSA) is 77.0 Å². The molecule has 0 aliphatic heterocycles. The first kappa shape index (κ1) is 19.2. The van der Waals surface area contributed by atoms with E-state index in [2.05, 4.69) is 32.1 Å². The van der Waals surface area contributed by atoms with E-state index in [4.69, 9.17) is 4.74 Å². The molecular weight excluding hydrogens is 408 g/mol. The van der Waals surface area contributed by atoms with Gasteiger partial charge in [-0.15, -0.1) is 0 Å². The average Bonchev–Trinajstić information content (AvgIpc) is 3.55. The minimum absolute atomic E-state index is 0.260. The van der Waals surface area contributed by atoms with E-state index in [0.717, 1.165) is 21.5 Å². The van der Waals surface area contributed by atoms with Crippen LogP contribution in [0, 0.1) is 17.8 Å². The van der Waals surface area contributed by atoms with Gasteiger partial charge in [-0.1, -0.05) is 35.5 Å². The van der Waals surface area contributed by atoms with E-state index < -0.39 is 0 Å². The molecule has 0 unspecified atom stereocenters. The lowest BCUT2D eigenvalue weighted by Crippen LogP contribution is -2.13. The highest BCUT2D eigenvalue weighted by molar-refractivity contribution is 7.22. The molecule has 1 N–H and O–H groups in total. The molecule has 4 aromatic rings. The SMILES string of the molecule is COc1ccccc1-c1cnccc1C(=O)Nc1nc2cnc(C#CC3CC3)cc2s1. The van der Waals surface area contributed by atoms with E-state index >= 15 is 0 Å². The van der Waals surface area contributed by atoms with Crippen LogP contribution in [0.1, 0.15) is 28.9 Å². The Morgan fingerprint density at radius 3 is 2.90 bits per heavy atom. The number of hydrogen-bond donors (Lipinski definition) is 1. The Hall–Kier alpha value is -3.76. The van der Waals surface area contributed by atoms with Gasteiger partial charge < -0.3 is 4.74 Å². The van der Waals surface area contributed by atoms with E-state index in [0.29, 0.717) is 27.9 Å². The number of para-hydroxylation sites is 1. The van der Waals surface area contributed by atoms with Crippen LogP contribution in [-0.2, 0) is 0 Å². The smallest absolute Gasteiger partial charge is 0.258 e. The van der Waals surface area contributed by atoms with Crippen LogP contribution in [0.3, 0.4) is 0 Å². The summed E-state index contributed by atoms with van der Waals surface area (Å²) in [6, 6.07) is 11.2. The summed E-state index contributed by atoms with van der Waals surface area (Å²) >= 11 is 1.40. The number of anilines is 1. The van der Waals surface area contributed by atoms with E-state index in [1.165, 1.54) is 24.2 Å². The normalized spacial score (nSPS) is 12.8. The van der Waals surface area contributed by atoms with Crippen LogP contribution in [0.2, 0.25) is 0 Å². The molecule has 1 fully saturated rings. The maximum absolute atomic E-state index is 13.1. The number of fused-ring (bicyclic) bond motifs is 1. The maximum atomic E-state index is 13.1. The number of nitrogens with one attached hydrogen (secondary N) is 1. The molecule has 6 nitrogen and oxygen atoms in total. The second kappa shape index (κ2) is 8.17. The molecule has 31 heavy (non-hydrogen) atoms. The first-order valence-corrected chi connectivity index (χ1v) is 10.7. The summed E-state index contributed by atoms with van der Waals surface area (Å²) in [7, 11) is 1.60. The van der Waals surface area contributed by atoms with Gasteiger partial charge in [-0.3, -0.25) is 15.1 Å². The van der Waals surface area contributed by atoms with Crippen molar-refractivity contribution in [1.82, 2.24) is 15.0 Å². The third-order valence-electron chi connectivity index (χ3n) is 4.94. The van der Waals surface area contributed by atoms with Gasteiger partial charge in [0.15, 0.2) is 5.13 Å². The molecule has 1 saturated carbocycles. The van der Waals surface area contributed by atoms with Crippen LogP contribution in [0.25, 0.3) is 21.3 Å². The van der Waals surface area contributed by atoms with Crippen molar-refractivity contribution < 1.29 is 9.53 Å². The number of benzene rings is 1. The van der Waals surface area contributed by atoms with E-state index in [1.807, 2.05) is 30.3 Å². The van der Waals surface area contributed by atoms with Crippen molar-refractivity contribution >= 4 is 32.6 Å². The number of rotatable bonds is 4. The summed E-state index contributed by atoms with van der Waals surface area (Å²) < 4.78 is 6.39. The minimum Gasteiger partial charge on any atom is -0.496 e. The van der Waals surface area contributed by atoms with Gasteiger partial charge in [0.1, 0.15) is 17.0 Å². The van der Waals surface area contributed by atoms with Crippen molar-refractivity contribution in [2.45, 2.75) is 12.8 Å². The Morgan fingerprint density at radius 2 is 2.06 bits per heavy atom. The summed E-state index contributed by atoms with van der Waals surface area (Å²) in [4.78, 5) is 26.1. The van der Waals surface area contributed by atoms with Crippen molar-refractivity contribution in [2.75, 3.05) is 12.4 Å². The molecule has 0 bridgehead atoms. The number of carbonyl (C=O) groups excluding carboxylic acids is 1. The fourth-order valence-corrected chi connectivity index (χ4v) is 4.07. The Labute approximate surface area is 183 Å². The lowest BCUT2D eigenvalue weighted by Gasteiger charge is -2.12. The summed E-state index contributed by atoms with van der Waals surface area (Å²) in [5.74, 6) is 7.27. The van der Waals surface area contributed by atoms with E-state index in [1.54, 1.807) is 31.8 Å². The van der Waals surface area contributed by atoms with Gasteiger partial charge in [-0.2, -0.15) is 0 Å². The van der Waals surface area contributed by atoms with Gasteiger partial charge in [0.2, 0.25) is 0 Å². The molecule has 152 valence electrons. The number of carbonyl (C=O) groups is 1. The van der Waals surface area contributed by atoms with Gasteiger partial charge in [0, 0.05) is 29.4 Å². The van der Waals surface area contributed by atoms with Crippen LogP contribution < -0.4 is 10.1 Å². The third kappa shape index (κ3) is 4.11. The van der Waals surface area contributed by atoms with E-state index in [9.17, 15) is 4.79 Å². The van der Waals surface area contributed by atoms with Gasteiger partial charge in [-0.25, -0.2) is 9.97 Å². The number of ether oxygens (including phenoxy) is 1. The highest BCUT2D eigenvalue weighted by atomic mass is 32.1. The largest absolute Gasteiger partial charge is 0.496 e. The second-order valence-corrected chi connectivity index (χ2v) is 8.21. The maximum Gasteiger partial charge on any atom is 0.258 e. The standard InChI is InChI=1S/C24H18N4O2S/c1-30-21-5-3-2-4-17(21)19-13-25-11-10-18(19)23(29)28-24-27-20-14-26-16(12-22(20)31-24)9-8-15-6-7-15/h2-5,10-15H,6-7H2,1H3,(H,27,28,29). The molecule has 3 heterocycles. The number of pyridine rings is 2. The zero-order chi connectivity index (χ0) is 21.2. The van der Waals surface area contributed by atoms with Crippen molar-refractivity contribution in [3.05, 3.63) is 66.2 Å². The quantitative estimate of drug-likeness (QED) is 0.476. The lowest BCUT2D eigenvalue weighted by molar-refractivity contribution is 0.102. The monoisotopic (exact) mass is 426 g/mol. The van der Waals surface area contributed by atoms with Crippen LogP contribution in [0.5, 0.6) is 5.75 Å². The summed E-state index contributed by atoms with van der Waals surface area (Å²) in [6.07, 6.45) is 7.32. The summed E-state index contributed by atoms with van der Waals surface area (Å²) in [6.45, 7) is 0. The predicted octanol–water partition coefficient (Wildman–Crippen LogP) is 4.78. The van der Waals surface area contributed by atoms with Crippen LogP contribution in [0.15, 0.2) is 55.0 Å². The first-order chi connectivity index (χ1) is 15.2. The second-order valence-electron chi connectivity index (χ2n) is 7.18. The van der Waals surface area contributed by atoms with Crippen molar-refractivity contribution in [2.24, 2.45) is 5.92 Å². The highest BCUT2D eigenvalue weighted by Crippen LogP contribution is 2.33. The number of hydrogen-bond acceptors (Lipinski definition) is 6. The molecule has 0 radical (unpaired) electrons. The third-order valence-corrected chi connectivity index (χ3v) is 5.87. The Bertz CT molecular complexity index is 1350. The summed E-state index contributed by atoms with van der Waals surface area (Å²) in [5, 5.41) is 3.42. The van der Waals surface area contributed by atoms with Crippen LogP contribution in [-0.4, -0.2) is 28.0 Å². The molecular formula is C24H18N4O2S. The number of methoxy groups -OCH3 is 1. The van der Waals surface area contributed by atoms with Gasteiger partial charge in [0.05, 0.1) is 23.6 Å². The lowest BCUT2D eigenvalue weighted by atomic mass is 10.0. The fraction of sp³-hybridized carbons (Fsp3) is 0.167. The van der Waals surface area contributed by atoms with E-state index in [-0.39, 0.29) is 5.91 Å². The molecule has 0 saturated heterocycles. The molecule has 7 heteroatoms. The average molecular weight is 427 g/mol. The fourth-order valence-electron chi connectivity index (χ4n) is 3.20. The van der Waals surface area contributed by atoms with Gasteiger partial charge in [0.25, 0.3) is 5.91 Å².